The number of aliphatic imine (C=N–C) groups is 1. The van der Waals surface area contributed by atoms with Crippen LogP contribution in [0, 0.1) is 34.6 Å². The molecule has 1 aliphatic heterocycles. The van der Waals surface area contributed by atoms with E-state index in [0.29, 0.717) is 15.1 Å². The molecule has 0 radical (unpaired) electrons. The Hall–Kier alpha value is -2.76. The Labute approximate surface area is 192 Å². The van der Waals surface area contributed by atoms with E-state index < -0.39 is 0 Å². The summed E-state index contributed by atoms with van der Waals surface area (Å²) in [7, 11) is 0. The van der Waals surface area contributed by atoms with Gasteiger partial charge in [-0.3, -0.25) is 4.79 Å². The molecule has 2 aromatic carbocycles. The zero-order valence-corrected chi connectivity index (χ0v) is 19.8. The second-order valence-corrected chi connectivity index (χ2v) is 9.23. The molecule has 4 rings (SSSR count). The molecule has 1 aliphatic rings. The predicted octanol–water partition coefficient (Wildman–Crippen LogP) is 6.56. The number of nitrogens with zero attached hydrogens (tertiary/aromatic N) is 2. The number of halogens is 1. The molecule has 3 aromatic rings. The molecule has 0 bridgehead atoms. The Morgan fingerprint density at radius 1 is 1.03 bits per heavy atom. The van der Waals surface area contributed by atoms with Gasteiger partial charge in [-0.15, -0.1) is 0 Å². The Balaban J connectivity index is 1.66. The number of carbonyl (C=O) groups excluding carboxylic acids is 1. The summed E-state index contributed by atoms with van der Waals surface area (Å²) in [4.78, 5) is 17.8. The first-order valence-corrected chi connectivity index (χ1v) is 11.3. The average Bonchev–Trinajstić information content (AvgIpc) is 3.20. The van der Waals surface area contributed by atoms with Crippen LogP contribution in [-0.4, -0.2) is 15.6 Å². The molecule has 2 heterocycles. The summed E-state index contributed by atoms with van der Waals surface area (Å²) in [5.41, 5.74) is 8.54. The van der Waals surface area contributed by atoms with Crippen molar-refractivity contribution in [1.29, 1.82) is 0 Å². The van der Waals surface area contributed by atoms with Crippen LogP contribution in [0.1, 0.15) is 33.6 Å². The fourth-order valence-corrected chi connectivity index (χ4v) is 4.64. The van der Waals surface area contributed by atoms with Gasteiger partial charge in [0.05, 0.1) is 10.6 Å². The normalized spacial score (nSPS) is 16.4. The molecule has 0 unspecified atom stereocenters. The molecular weight excluding hydrogens is 426 g/mol. The van der Waals surface area contributed by atoms with E-state index in [1.165, 1.54) is 22.9 Å². The number of aryl methyl sites for hydroxylation is 3. The van der Waals surface area contributed by atoms with E-state index in [0.717, 1.165) is 33.9 Å². The summed E-state index contributed by atoms with van der Waals surface area (Å²) in [5, 5.41) is 4.08. The number of amidine groups is 1. The van der Waals surface area contributed by atoms with Crippen molar-refractivity contribution in [2.75, 3.05) is 0 Å². The van der Waals surface area contributed by atoms with E-state index in [1.54, 1.807) is 0 Å². The molecule has 4 nitrogen and oxygen atoms in total. The van der Waals surface area contributed by atoms with Crippen LogP contribution >= 0.6 is 23.4 Å². The molecule has 0 atom stereocenters. The fourth-order valence-electron chi connectivity index (χ4n) is 3.64. The van der Waals surface area contributed by atoms with Gasteiger partial charge in [-0.25, -0.2) is 4.99 Å². The van der Waals surface area contributed by atoms with Crippen LogP contribution in [0.2, 0.25) is 5.02 Å². The molecule has 31 heavy (non-hydrogen) atoms. The van der Waals surface area contributed by atoms with Gasteiger partial charge in [0.2, 0.25) is 0 Å². The standard InChI is InChI=1S/C25H24ClN3OS/c1-14-9-10-20(11-15(14)2)29-16(3)12-19(18(29)5)13-23-24(30)28-25(31-23)27-22-8-6-7-21(26)17(22)4/h6-13H,1-5H3,(H,27,28,30)/b23-13+. The van der Waals surface area contributed by atoms with Crippen LogP contribution in [0.3, 0.4) is 0 Å². The molecule has 158 valence electrons. The lowest BCUT2D eigenvalue weighted by atomic mass is 10.1. The molecule has 6 heteroatoms. The Morgan fingerprint density at radius 3 is 2.55 bits per heavy atom. The molecule has 0 aliphatic carbocycles. The number of rotatable bonds is 3. The largest absolute Gasteiger partial charge is 0.318 e. The minimum absolute atomic E-state index is 0.139. The zero-order chi connectivity index (χ0) is 22.3. The third-order valence-electron chi connectivity index (χ3n) is 5.62. The number of amides is 1. The highest BCUT2D eigenvalue weighted by molar-refractivity contribution is 8.18. The quantitative estimate of drug-likeness (QED) is 0.460. The Bertz CT molecular complexity index is 1270. The molecule has 1 N–H and O–H groups in total. The third-order valence-corrected chi connectivity index (χ3v) is 6.94. The average molecular weight is 450 g/mol. The van der Waals surface area contributed by atoms with Crippen LogP contribution in [0.4, 0.5) is 5.69 Å². The molecule has 1 amide bonds. The second-order valence-electron chi connectivity index (χ2n) is 7.80. The van der Waals surface area contributed by atoms with Gasteiger partial charge in [0, 0.05) is 22.1 Å². The molecule has 0 saturated carbocycles. The summed E-state index contributed by atoms with van der Waals surface area (Å²) in [6, 6.07) is 14.2. The van der Waals surface area contributed by atoms with Gasteiger partial charge < -0.3 is 9.88 Å². The predicted molar refractivity (Wildman–Crippen MR) is 132 cm³/mol. The lowest BCUT2D eigenvalue weighted by Crippen LogP contribution is -2.19. The summed E-state index contributed by atoms with van der Waals surface area (Å²) in [6.07, 6.45) is 1.94. The molecule has 0 spiro atoms. The number of carbonyl (C=O) groups is 1. The van der Waals surface area contributed by atoms with Gasteiger partial charge >= 0.3 is 0 Å². The number of thioether (sulfide) groups is 1. The first kappa shape index (κ1) is 21.5. The van der Waals surface area contributed by atoms with Crippen molar-refractivity contribution in [2.45, 2.75) is 34.6 Å². The molecule has 1 saturated heterocycles. The number of aromatic nitrogens is 1. The molecular formula is C25H24ClN3OS. The third kappa shape index (κ3) is 4.21. The van der Waals surface area contributed by atoms with Gasteiger partial charge in [-0.1, -0.05) is 23.7 Å². The van der Waals surface area contributed by atoms with Crippen molar-refractivity contribution >= 4 is 46.2 Å². The van der Waals surface area contributed by atoms with Gasteiger partial charge in [-0.05, 0) is 105 Å². The number of benzene rings is 2. The highest BCUT2D eigenvalue weighted by Crippen LogP contribution is 2.32. The lowest BCUT2D eigenvalue weighted by Gasteiger charge is -2.11. The minimum atomic E-state index is -0.139. The highest BCUT2D eigenvalue weighted by atomic mass is 35.5. The van der Waals surface area contributed by atoms with Gasteiger partial charge in [-0.2, -0.15) is 0 Å². The number of hydrogen-bond donors (Lipinski definition) is 1. The van der Waals surface area contributed by atoms with Crippen LogP contribution < -0.4 is 5.32 Å². The lowest BCUT2D eigenvalue weighted by molar-refractivity contribution is -0.115. The highest BCUT2D eigenvalue weighted by Gasteiger charge is 2.25. The first-order chi connectivity index (χ1) is 14.7. The van der Waals surface area contributed by atoms with Gasteiger partial charge in [0.15, 0.2) is 5.17 Å². The van der Waals surface area contributed by atoms with Crippen molar-refractivity contribution in [3.8, 4) is 5.69 Å². The maximum absolute atomic E-state index is 12.6. The van der Waals surface area contributed by atoms with E-state index in [1.807, 2.05) is 31.2 Å². The van der Waals surface area contributed by atoms with E-state index in [9.17, 15) is 4.79 Å². The Kier molecular flexibility index (Phi) is 5.82. The van der Waals surface area contributed by atoms with Crippen molar-refractivity contribution in [3.63, 3.8) is 0 Å². The van der Waals surface area contributed by atoms with E-state index in [4.69, 9.17) is 11.6 Å². The Morgan fingerprint density at radius 2 is 1.81 bits per heavy atom. The van der Waals surface area contributed by atoms with Crippen molar-refractivity contribution in [2.24, 2.45) is 4.99 Å². The number of hydrogen-bond acceptors (Lipinski definition) is 3. The molecule has 1 aromatic heterocycles. The topological polar surface area (TPSA) is 46.4 Å². The monoisotopic (exact) mass is 449 g/mol. The minimum Gasteiger partial charge on any atom is -0.318 e. The molecule has 1 fully saturated rings. The van der Waals surface area contributed by atoms with Crippen LogP contribution in [-0.2, 0) is 4.79 Å². The van der Waals surface area contributed by atoms with E-state index >= 15 is 0 Å². The van der Waals surface area contributed by atoms with Crippen LogP contribution in [0.15, 0.2) is 52.4 Å². The van der Waals surface area contributed by atoms with Crippen LogP contribution in [0.25, 0.3) is 11.8 Å². The first-order valence-electron chi connectivity index (χ1n) is 10.1. The maximum Gasteiger partial charge on any atom is 0.264 e. The van der Waals surface area contributed by atoms with Crippen LogP contribution in [0.5, 0.6) is 0 Å². The summed E-state index contributed by atoms with van der Waals surface area (Å²) in [5.74, 6) is -0.139. The van der Waals surface area contributed by atoms with Crippen molar-refractivity contribution < 1.29 is 4.79 Å². The van der Waals surface area contributed by atoms with E-state index in [2.05, 4.69) is 66.8 Å². The summed E-state index contributed by atoms with van der Waals surface area (Å²) in [6.45, 7) is 10.3. The number of nitrogens with one attached hydrogen (secondary N) is 1. The SMILES string of the molecule is Cc1ccc(-n2c(C)cc(/C=C3/SC(=Nc4cccc(Cl)c4C)NC3=O)c2C)cc1C. The summed E-state index contributed by atoms with van der Waals surface area (Å²) < 4.78 is 2.22. The van der Waals surface area contributed by atoms with Gasteiger partial charge in [0.1, 0.15) is 0 Å². The maximum atomic E-state index is 12.6. The van der Waals surface area contributed by atoms with E-state index in [-0.39, 0.29) is 5.91 Å². The van der Waals surface area contributed by atoms with Gasteiger partial charge in [0.25, 0.3) is 5.91 Å². The zero-order valence-electron chi connectivity index (χ0n) is 18.2. The second kappa shape index (κ2) is 8.40. The fraction of sp³-hybridized carbons (Fsp3) is 0.200. The smallest absolute Gasteiger partial charge is 0.264 e. The van der Waals surface area contributed by atoms with Crippen molar-refractivity contribution in [1.82, 2.24) is 9.88 Å². The summed E-state index contributed by atoms with van der Waals surface area (Å²) >= 11 is 7.54. The van der Waals surface area contributed by atoms with Crippen molar-refractivity contribution in [3.05, 3.63) is 86.0 Å².